The number of sulfonamides is 2. The first-order valence-electron chi connectivity index (χ1n) is 10.5. The molecule has 2 rings (SSSR count). The molecule has 0 amide bonds. The zero-order valence-corrected chi connectivity index (χ0v) is 21.2. The molecule has 0 unspecified atom stereocenters. The van der Waals surface area contributed by atoms with Crippen molar-refractivity contribution in [2.75, 3.05) is 45.0 Å². The molecule has 0 aliphatic carbocycles. The fourth-order valence-electron chi connectivity index (χ4n) is 3.11. The zero-order chi connectivity index (χ0) is 26.3. The summed E-state index contributed by atoms with van der Waals surface area (Å²) in [6.07, 6.45) is -5.08. The highest BCUT2D eigenvalue weighted by atomic mass is 32.2. The summed E-state index contributed by atoms with van der Waals surface area (Å²) in [5, 5.41) is 10.2. The van der Waals surface area contributed by atoms with Crippen LogP contribution in [-0.4, -0.2) is 87.7 Å². The molecule has 0 spiro atoms. The lowest BCUT2D eigenvalue weighted by Gasteiger charge is -2.29. The molecule has 1 saturated heterocycles. The van der Waals surface area contributed by atoms with E-state index in [-0.39, 0.29) is 29.7 Å². The summed E-state index contributed by atoms with van der Waals surface area (Å²) in [5.41, 5.74) is 1.52. The van der Waals surface area contributed by atoms with E-state index < -0.39 is 32.2 Å². The third-order valence-electron chi connectivity index (χ3n) is 4.84. The van der Waals surface area contributed by atoms with Crippen LogP contribution in [0, 0.1) is 19.8 Å². The van der Waals surface area contributed by atoms with Crippen LogP contribution in [0.1, 0.15) is 25.0 Å². The van der Waals surface area contributed by atoms with Crippen molar-refractivity contribution in [3.63, 3.8) is 0 Å². The number of piperazine rings is 1. The summed E-state index contributed by atoms with van der Waals surface area (Å²) < 4.78 is 86.3. The number of benzene rings is 1. The van der Waals surface area contributed by atoms with Gasteiger partial charge in [0.15, 0.2) is 0 Å². The number of carbonyl (C=O) groups is 1. The number of alkyl halides is 3. The number of hydrogen-bond acceptors (Lipinski definition) is 6. The monoisotopic (exact) mass is 531 g/mol. The molecule has 14 heteroatoms. The minimum absolute atomic E-state index is 0.0415. The fraction of sp³-hybridized carbons (Fsp3) is 0.650. The molecule has 0 aromatic heterocycles. The maximum Gasteiger partial charge on any atom is 0.490 e. The van der Waals surface area contributed by atoms with Gasteiger partial charge in [0.2, 0.25) is 20.0 Å². The Kier molecular flexibility index (Phi) is 10.9. The summed E-state index contributed by atoms with van der Waals surface area (Å²) in [5.74, 6) is -2.87. The molecule has 1 aromatic carbocycles. The molecular weight excluding hydrogens is 499 g/mol. The summed E-state index contributed by atoms with van der Waals surface area (Å²) in [7, 11) is -7.25. The largest absolute Gasteiger partial charge is 0.490 e. The van der Waals surface area contributed by atoms with Gasteiger partial charge < -0.3 is 10.4 Å². The molecule has 34 heavy (non-hydrogen) atoms. The Morgan fingerprint density at radius 3 is 2.15 bits per heavy atom. The van der Waals surface area contributed by atoms with Gasteiger partial charge in [0.05, 0.1) is 10.6 Å². The topological polar surface area (TPSA) is 124 Å². The first-order valence-corrected chi connectivity index (χ1v) is 13.6. The zero-order valence-electron chi connectivity index (χ0n) is 19.6. The van der Waals surface area contributed by atoms with Crippen LogP contribution in [0.25, 0.3) is 0 Å². The van der Waals surface area contributed by atoms with E-state index in [1.54, 1.807) is 19.1 Å². The minimum Gasteiger partial charge on any atom is -0.475 e. The molecule has 0 atom stereocenters. The van der Waals surface area contributed by atoms with E-state index >= 15 is 0 Å². The Hall–Kier alpha value is -1.74. The van der Waals surface area contributed by atoms with Crippen molar-refractivity contribution in [3.8, 4) is 0 Å². The molecular formula is C20H32F3N3O6S2. The average molecular weight is 532 g/mol. The van der Waals surface area contributed by atoms with E-state index in [2.05, 4.69) is 5.32 Å². The summed E-state index contributed by atoms with van der Waals surface area (Å²) in [4.78, 5) is 9.15. The van der Waals surface area contributed by atoms with Crippen molar-refractivity contribution < 1.29 is 39.9 Å². The molecule has 1 heterocycles. The third-order valence-corrected chi connectivity index (χ3v) is 8.70. The van der Waals surface area contributed by atoms with Crippen molar-refractivity contribution in [1.82, 2.24) is 13.9 Å². The van der Waals surface area contributed by atoms with Crippen LogP contribution in [0.5, 0.6) is 0 Å². The lowest BCUT2D eigenvalue weighted by molar-refractivity contribution is -0.192. The molecule has 0 bridgehead atoms. The number of hydrogen-bond donors (Lipinski definition) is 2. The molecule has 1 aliphatic rings. The molecule has 0 saturated carbocycles. The first-order chi connectivity index (χ1) is 15.5. The smallest absolute Gasteiger partial charge is 0.475 e. The van der Waals surface area contributed by atoms with Crippen LogP contribution in [0.2, 0.25) is 0 Å². The predicted octanol–water partition coefficient (Wildman–Crippen LogP) is 1.82. The van der Waals surface area contributed by atoms with Gasteiger partial charge in [-0.2, -0.15) is 21.8 Å². The second-order valence-corrected chi connectivity index (χ2v) is 12.3. The van der Waals surface area contributed by atoms with Gasteiger partial charge in [-0.1, -0.05) is 26.0 Å². The molecule has 1 fully saturated rings. The van der Waals surface area contributed by atoms with Gasteiger partial charge in [-0.05, 0) is 37.0 Å². The van der Waals surface area contributed by atoms with Crippen molar-refractivity contribution in [2.24, 2.45) is 5.92 Å². The average Bonchev–Trinajstić information content (AvgIpc) is 2.73. The van der Waals surface area contributed by atoms with Crippen LogP contribution >= 0.6 is 0 Å². The number of rotatable bonds is 8. The number of aryl methyl sites for hydroxylation is 2. The van der Waals surface area contributed by atoms with Crippen LogP contribution in [0.15, 0.2) is 23.1 Å². The number of aliphatic carboxylic acids is 1. The number of carboxylic acids is 1. The quantitative estimate of drug-likeness (QED) is 0.524. The number of carboxylic acid groups (broad SMARTS) is 1. The maximum absolute atomic E-state index is 13.2. The molecule has 9 nitrogen and oxygen atoms in total. The van der Waals surface area contributed by atoms with E-state index in [0.717, 1.165) is 5.56 Å². The Morgan fingerprint density at radius 1 is 1.15 bits per heavy atom. The fourth-order valence-corrected chi connectivity index (χ4v) is 6.59. The maximum atomic E-state index is 13.2. The van der Waals surface area contributed by atoms with Gasteiger partial charge in [0.1, 0.15) is 0 Å². The highest BCUT2D eigenvalue weighted by molar-refractivity contribution is 7.90. The second-order valence-electron chi connectivity index (χ2n) is 8.29. The first kappa shape index (κ1) is 30.3. The summed E-state index contributed by atoms with van der Waals surface area (Å²) >= 11 is 0. The SMILES string of the molecule is Cc1ccc(C)c(S(=O)(=O)N(CCS(=O)(=O)N2CCNCC2)CC(C)C)c1.O=C(O)C(F)(F)F. The third kappa shape index (κ3) is 9.13. The van der Waals surface area contributed by atoms with Crippen molar-refractivity contribution in [1.29, 1.82) is 0 Å². The summed E-state index contributed by atoms with van der Waals surface area (Å²) in [6, 6.07) is 5.31. The lowest BCUT2D eigenvalue weighted by atomic mass is 10.2. The van der Waals surface area contributed by atoms with Crippen LogP contribution < -0.4 is 5.32 Å². The highest BCUT2D eigenvalue weighted by Crippen LogP contribution is 2.22. The number of nitrogens with one attached hydrogen (secondary N) is 1. The predicted molar refractivity (Wildman–Crippen MR) is 121 cm³/mol. The van der Waals surface area contributed by atoms with Crippen LogP contribution in [-0.2, 0) is 24.8 Å². The number of nitrogens with zero attached hydrogens (tertiary/aromatic N) is 2. The van der Waals surface area contributed by atoms with E-state index in [1.807, 2.05) is 26.8 Å². The van der Waals surface area contributed by atoms with Crippen LogP contribution in [0.3, 0.4) is 0 Å². The Balaban J connectivity index is 0.000000718. The van der Waals surface area contributed by atoms with E-state index in [9.17, 15) is 30.0 Å². The Bertz CT molecular complexity index is 1040. The second kappa shape index (κ2) is 12.3. The van der Waals surface area contributed by atoms with Gasteiger partial charge in [-0.3, -0.25) is 0 Å². The molecule has 2 N–H and O–H groups in total. The van der Waals surface area contributed by atoms with Gasteiger partial charge in [0, 0.05) is 39.3 Å². The van der Waals surface area contributed by atoms with Crippen molar-refractivity contribution in [2.45, 2.75) is 38.8 Å². The standard InChI is InChI=1S/C18H31N3O4S2.C2HF3O2/c1-15(2)14-21(11-12-26(22,23)20-9-7-19-8-10-20)27(24,25)18-13-16(3)5-6-17(18)4;3-2(4,5)1(6)7/h5-6,13,15,19H,7-12,14H2,1-4H3;(H,6,7). The Morgan fingerprint density at radius 2 is 1.68 bits per heavy atom. The molecule has 196 valence electrons. The van der Waals surface area contributed by atoms with Crippen LogP contribution in [0.4, 0.5) is 13.2 Å². The highest BCUT2D eigenvalue weighted by Gasteiger charge is 2.38. The normalized spacial score (nSPS) is 15.8. The summed E-state index contributed by atoms with van der Waals surface area (Å²) in [6.45, 7) is 9.80. The molecule has 1 aliphatic heterocycles. The van der Waals surface area contributed by atoms with E-state index in [0.29, 0.717) is 31.7 Å². The van der Waals surface area contributed by atoms with Gasteiger partial charge >= 0.3 is 12.1 Å². The van der Waals surface area contributed by atoms with Gasteiger partial charge in [-0.15, -0.1) is 0 Å². The van der Waals surface area contributed by atoms with E-state index in [1.165, 1.54) is 8.61 Å². The Labute approximate surface area is 199 Å². The van der Waals surface area contributed by atoms with Gasteiger partial charge in [-0.25, -0.2) is 21.6 Å². The van der Waals surface area contributed by atoms with E-state index in [4.69, 9.17) is 9.90 Å². The molecule has 1 aromatic rings. The van der Waals surface area contributed by atoms with Gasteiger partial charge in [0.25, 0.3) is 0 Å². The number of halogens is 3. The molecule has 0 radical (unpaired) electrons. The van der Waals surface area contributed by atoms with Crippen molar-refractivity contribution >= 4 is 26.0 Å². The van der Waals surface area contributed by atoms with Crippen molar-refractivity contribution in [3.05, 3.63) is 29.3 Å². The lowest BCUT2D eigenvalue weighted by Crippen LogP contribution is -2.48. The minimum atomic E-state index is -5.08.